The van der Waals surface area contributed by atoms with E-state index in [0.29, 0.717) is 12.6 Å². The van der Waals surface area contributed by atoms with E-state index in [1.54, 1.807) is 23.9 Å². The van der Waals surface area contributed by atoms with Crippen molar-refractivity contribution in [2.45, 2.75) is 44.4 Å². The summed E-state index contributed by atoms with van der Waals surface area (Å²) in [5.41, 5.74) is 0.302. The lowest BCUT2D eigenvalue weighted by Crippen LogP contribution is -2.49. The summed E-state index contributed by atoms with van der Waals surface area (Å²) in [6.07, 6.45) is 2.82. The van der Waals surface area contributed by atoms with Crippen LogP contribution < -0.4 is 15.4 Å². The zero-order valence-electron chi connectivity index (χ0n) is 17.8. The van der Waals surface area contributed by atoms with Gasteiger partial charge in [-0.15, -0.1) is 24.0 Å². The third-order valence-corrected chi connectivity index (χ3v) is 6.74. The topological polar surface area (TPSA) is 69.1 Å². The van der Waals surface area contributed by atoms with Crippen LogP contribution in [0.15, 0.2) is 23.2 Å². The van der Waals surface area contributed by atoms with Crippen molar-refractivity contribution in [1.29, 1.82) is 0 Å². The highest BCUT2D eigenvalue weighted by Gasteiger charge is 2.31. The molecule has 3 N–H and O–H groups in total. The fourth-order valence-electron chi connectivity index (χ4n) is 3.76. The molecular weight excluding hydrogens is 518 g/mol. The van der Waals surface area contributed by atoms with Crippen molar-refractivity contribution in [3.8, 4) is 5.75 Å². The second kappa shape index (κ2) is 12.3. The van der Waals surface area contributed by atoms with Gasteiger partial charge in [0.15, 0.2) is 17.5 Å². The molecule has 1 aromatic carbocycles. The van der Waals surface area contributed by atoms with Crippen LogP contribution in [0, 0.1) is 5.82 Å². The molecule has 0 spiro atoms. The summed E-state index contributed by atoms with van der Waals surface area (Å²) in [5, 5.41) is 17.3. The first-order valence-corrected chi connectivity index (χ1v) is 11.6. The predicted octanol–water partition coefficient (Wildman–Crippen LogP) is 2.84. The third kappa shape index (κ3) is 7.42. The number of piperidine rings is 1. The van der Waals surface area contributed by atoms with Crippen LogP contribution >= 0.6 is 35.7 Å². The molecule has 170 valence electrons. The lowest BCUT2D eigenvalue weighted by atomic mass is 10.0. The van der Waals surface area contributed by atoms with E-state index in [1.165, 1.54) is 7.11 Å². The van der Waals surface area contributed by atoms with Crippen LogP contribution in [-0.2, 0) is 6.54 Å². The molecule has 0 aliphatic carbocycles. The molecule has 2 aliphatic heterocycles. The van der Waals surface area contributed by atoms with Gasteiger partial charge < -0.3 is 20.5 Å². The van der Waals surface area contributed by atoms with E-state index in [1.807, 2.05) is 13.0 Å². The summed E-state index contributed by atoms with van der Waals surface area (Å²) < 4.78 is 18.9. The van der Waals surface area contributed by atoms with Crippen LogP contribution in [0.25, 0.3) is 0 Å². The van der Waals surface area contributed by atoms with Crippen molar-refractivity contribution in [2.24, 2.45) is 4.99 Å². The molecule has 0 radical (unpaired) electrons. The molecule has 2 fully saturated rings. The van der Waals surface area contributed by atoms with Gasteiger partial charge in [0, 0.05) is 38.0 Å². The number of aliphatic hydroxyl groups is 1. The Bertz CT molecular complexity index is 696. The predicted molar refractivity (Wildman–Crippen MR) is 133 cm³/mol. The summed E-state index contributed by atoms with van der Waals surface area (Å²) in [6, 6.07) is 5.53. The number of halogens is 2. The molecule has 1 atom stereocenters. The van der Waals surface area contributed by atoms with Gasteiger partial charge in [-0.25, -0.2) is 4.39 Å². The van der Waals surface area contributed by atoms with Crippen molar-refractivity contribution in [3.63, 3.8) is 0 Å². The van der Waals surface area contributed by atoms with Crippen LogP contribution in [0.3, 0.4) is 0 Å². The number of aliphatic imine (C=N–C) groups is 1. The second-order valence-corrected chi connectivity index (χ2v) is 8.99. The molecule has 1 aromatic rings. The molecule has 2 heterocycles. The smallest absolute Gasteiger partial charge is 0.191 e. The maximum absolute atomic E-state index is 13.9. The number of nitrogens with zero attached hydrogens (tertiary/aromatic N) is 2. The summed E-state index contributed by atoms with van der Waals surface area (Å²) >= 11 is 1.79. The van der Waals surface area contributed by atoms with Crippen LogP contribution in [0.5, 0.6) is 5.75 Å². The lowest BCUT2D eigenvalue weighted by Gasteiger charge is -2.33. The summed E-state index contributed by atoms with van der Waals surface area (Å²) in [4.78, 5) is 6.99. The van der Waals surface area contributed by atoms with Crippen LogP contribution in [0.1, 0.15) is 31.7 Å². The average Bonchev–Trinajstić information content (AvgIpc) is 3.15. The average molecular weight is 552 g/mol. The Morgan fingerprint density at radius 1 is 1.40 bits per heavy atom. The number of benzene rings is 1. The molecule has 2 saturated heterocycles. The highest BCUT2D eigenvalue weighted by atomic mass is 127. The maximum Gasteiger partial charge on any atom is 0.191 e. The molecule has 1 unspecified atom stereocenters. The first-order valence-electron chi connectivity index (χ1n) is 10.4. The number of thioether (sulfide) groups is 1. The van der Waals surface area contributed by atoms with E-state index in [4.69, 9.17) is 4.74 Å². The van der Waals surface area contributed by atoms with Crippen molar-refractivity contribution in [3.05, 3.63) is 29.6 Å². The number of methoxy groups -OCH3 is 1. The monoisotopic (exact) mass is 552 g/mol. The molecule has 0 aromatic heterocycles. The molecule has 0 bridgehead atoms. The van der Waals surface area contributed by atoms with E-state index in [2.05, 4.69) is 20.5 Å². The van der Waals surface area contributed by atoms with Gasteiger partial charge in [-0.05, 0) is 49.6 Å². The van der Waals surface area contributed by atoms with Crippen LogP contribution in [0.4, 0.5) is 4.39 Å². The standard InChI is InChI=1S/C21H33FN4O2S.HI/c1-3-23-20(24-14-21(27)8-11-29-15-21)25-17-6-9-26(10-7-17)13-16-4-5-19(28-2)18(22)12-16;/h4-5,12,17,27H,3,6-11,13-15H2,1-2H3,(H2,23,24,25);1H. The van der Waals surface area contributed by atoms with E-state index in [-0.39, 0.29) is 35.5 Å². The third-order valence-electron chi connectivity index (χ3n) is 5.51. The van der Waals surface area contributed by atoms with Gasteiger partial charge in [0.2, 0.25) is 0 Å². The lowest BCUT2D eigenvalue weighted by molar-refractivity contribution is 0.0778. The first-order chi connectivity index (χ1) is 14.0. The number of guanidine groups is 1. The van der Waals surface area contributed by atoms with Crippen molar-refractivity contribution in [2.75, 3.05) is 44.8 Å². The maximum atomic E-state index is 13.9. The van der Waals surface area contributed by atoms with Gasteiger partial charge in [0.05, 0.1) is 19.3 Å². The van der Waals surface area contributed by atoms with E-state index in [0.717, 1.165) is 68.5 Å². The molecule has 30 heavy (non-hydrogen) atoms. The molecule has 6 nitrogen and oxygen atoms in total. The SMILES string of the molecule is CCNC(=NCC1(O)CCSC1)NC1CCN(Cc2ccc(OC)c(F)c2)CC1.I. The van der Waals surface area contributed by atoms with Gasteiger partial charge in [-0.1, -0.05) is 6.07 Å². The number of hydrogen-bond acceptors (Lipinski definition) is 5. The Morgan fingerprint density at radius 2 is 2.17 bits per heavy atom. The minimum Gasteiger partial charge on any atom is -0.494 e. The van der Waals surface area contributed by atoms with E-state index in [9.17, 15) is 9.50 Å². The van der Waals surface area contributed by atoms with Gasteiger partial charge in [-0.2, -0.15) is 11.8 Å². The Morgan fingerprint density at radius 3 is 2.77 bits per heavy atom. The Hall–Kier alpha value is -0.780. The largest absolute Gasteiger partial charge is 0.494 e. The summed E-state index contributed by atoms with van der Waals surface area (Å²) in [7, 11) is 1.48. The quantitative estimate of drug-likeness (QED) is 0.275. The normalized spacial score (nSPS) is 23.1. The minimum absolute atomic E-state index is 0. The van der Waals surface area contributed by atoms with E-state index < -0.39 is 5.60 Å². The van der Waals surface area contributed by atoms with Crippen molar-refractivity contribution >= 4 is 41.7 Å². The fourth-order valence-corrected chi connectivity index (χ4v) is 5.05. The van der Waals surface area contributed by atoms with Crippen LogP contribution in [0.2, 0.25) is 0 Å². The molecule has 0 amide bonds. The number of rotatable bonds is 7. The first kappa shape index (κ1) is 25.5. The number of nitrogens with one attached hydrogen (secondary N) is 2. The van der Waals surface area contributed by atoms with Gasteiger partial charge in [0.1, 0.15) is 0 Å². The van der Waals surface area contributed by atoms with Gasteiger partial charge in [0.25, 0.3) is 0 Å². The van der Waals surface area contributed by atoms with Crippen molar-refractivity contribution < 1.29 is 14.2 Å². The molecular formula is C21H34FIN4O2S. The van der Waals surface area contributed by atoms with Crippen molar-refractivity contribution in [1.82, 2.24) is 15.5 Å². The molecule has 2 aliphatic rings. The van der Waals surface area contributed by atoms with E-state index >= 15 is 0 Å². The molecule has 3 rings (SSSR count). The van der Waals surface area contributed by atoms with Crippen LogP contribution in [-0.4, -0.2) is 72.4 Å². The zero-order chi connectivity index (χ0) is 20.7. The second-order valence-electron chi connectivity index (χ2n) is 7.89. The number of hydrogen-bond donors (Lipinski definition) is 3. The fraction of sp³-hybridized carbons (Fsp3) is 0.667. The molecule has 9 heteroatoms. The molecule has 0 saturated carbocycles. The number of ether oxygens (including phenoxy) is 1. The Kier molecular flexibility index (Phi) is 10.5. The Labute approximate surface area is 200 Å². The number of likely N-dealkylation sites (tertiary alicyclic amines) is 1. The zero-order valence-corrected chi connectivity index (χ0v) is 21.0. The Balaban J connectivity index is 0.00000320. The van der Waals surface area contributed by atoms with Gasteiger partial charge in [-0.3, -0.25) is 9.89 Å². The summed E-state index contributed by atoms with van der Waals surface area (Å²) in [6.45, 7) is 5.93. The minimum atomic E-state index is -0.663. The highest BCUT2D eigenvalue weighted by molar-refractivity contribution is 14.0. The summed E-state index contributed by atoms with van der Waals surface area (Å²) in [5.74, 6) is 2.53. The van der Waals surface area contributed by atoms with Gasteiger partial charge >= 0.3 is 0 Å². The highest BCUT2D eigenvalue weighted by Crippen LogP contribution is 2.28.